The molecule has 0 radical (unpaired) electrons. The first-order chi connectivity index (χ1) is 4.74. The highest BCUT2D eigenvalue weighted by atomic mass is 32.1. The summed E-state index contributed by atoms with van der Waals surface area (Å²) in [6, 6.07) is 0. The van der Waals surface area contributed by atoms with E-state index in [1.54, 1.807) is 0 Å². The molecule has 0 aliphatic heterocycles. The maximum absolute atomic E-state index is 11.8. The quantitative estimate of drug-likeness (QED) is 0.668. The number of hydrogen-bond donors (Lipinski definition) is 0. The lowest BCUT2D eigenvalue weighted by Gasteiger charge is -1.85. The Hall–Kier alpha value is -0.580. The topological polar surface area (TPSA) is 25.8 Å². The minimum absolute atomic E-state index is 0.183. The van der Waals surface area contributed by atoms with Crippen LogP contribution in [0.5, 0.6) is 0 Å². The van der Waals surface area contributed by atoms with Gasteiger partial charge in [-0.1, -0.05) is 18.3 Å². The van der Waals surface area contributed by atoms with E-state index in [2.05, 4.69) is 10.2 Å². The third kappa shape index (κ3) is 1.47. The predicted octanol–water partition coefficient (Wildman–Crippen LogP) is 2.04. The van der Waals surface area contributed by atoms with Crippen LogP contribution in [0.25, 0.3) is 0 Å². The molecular formula is C5H6F2N2S. The summed E-state index contributed by atoms with van der Waals surface area (Å²) in [5.41, 5.74) is 0. The third-order valence-corrected chi connectivity index (χ3v) is 2.05. The van der Waals surface area contributed by atoms with Crippen LogP contribution in [0.1, 0.15) is 23.4 Å². The van der Waals surface area contributed by atoms with Gasteiger partial charge in [0, 0.05) is 0 Å². The van der Waals surface area contributed by atoms with Gasteiger partial charge in [-0.15, -0.1) is 10.2 Å². The normalized spacial score (nSPS) is 10.8. The molecule has 0 saturated carbocycles. The van der Waals surface area contributed by atoms with E-state index in [4.69, 9.17) is 0 Å². The molecule has 1 rings (SSSR count). The molecule has 0 N–H and O–H groups in total. The molecule has 0 aromatic carbocycles. The molecule has 1 aromatic rings. The van der Waals surface area contributed by atoms with Gasteiger partial charge in [0.25, 0.3) is 6.43 Å². The molecule has 0 atom stereocenters. The average molecular weight is 164 g/mol. The van der Waals surface area contributed by atoms with Crippen LogP contribution >= 0.6 is 11.3 Å². The largest absolute Gasteiger partial charge is 0.291 e. The summed E-state index contributed by atoms with van der Waals surface area (Å²) in [6.45, 7) is 1.86. The van der Waals surface area contributed by atoms with Crippen molar-refractivity contribution in [1.82, 2.24) is 10.2 Å². The molecule has 0 fully saturated rings. The maximum Gasteiger partial charge on any atom is 0.291 e. The number of rotatable bonds is 2. The Morgan fingerprint density at radius 2 is 2.20 bits per heavy atom. The summed E-state index contributed by atoms with van der Waals surface area (Å²) in [7, 11) is 0. The van der Waals surface area contributed by atoms with E-state index in [9.17, 15) is 8.78 Å². The van der Waals surface area contributed by atoms with E-state index in [1.807, 2.05) is 6.92 Å². The van der Waals surface area contributed by atoms with Gasteiger partial charge in [-0.2, -0.15) is 0 Å². The molecule has 0 aliphatic rings. The first kappa shape index (κ1) is 7.53. The second kappa shape index (κ2) is 3.01. The molecule has 1 aromatic heterocycles. The highest BCUT2D eigenvalue weighted by molar-refractivity contribution is 7.11. The smallest absolute Gasteiger partial charge is 0.202 e. The minimum Gasteiger partial charge on any atom is -0.202 e. The molecule has 0 aliphatic carbocycles. The molecule has 5 heteroatoms. The van der Waals surface area contributed by atoms with Gasteiger partial charge in [0.2, 0.25) is 0 Å². The molecule has 0 saturated heterocycles. The third-order valence-electron chi connectivity index (χ3n) is 0.972. The fraction of sp³-hybridized carbons (Fsp3) is 0.600. The van der Waals surface area contributed by atoms with E-state index < -0.39 is 6.43 Å². The number of hydrogen-bond acceptors (Lipinski definition) is 3. The molecule has 10 heavy (non-hydrogen) atoms. The molecule has 0 bridgehead atoms. The second-order valence-corrected chi connectivity index (χ2v) is 2.78. The van der Waals surface area contributed by atoms with Crippen molar-refractivity contribution in [3.8, 4) is 0 Å². The molecule has 0 unspecified atom stereocenters. The number of halogens is 2. The lowest BCUT2D eigenvalue weighted by atomic mass is 10.5. The van der Waals surface area contributed by atoms with E-state index in [-0.39, 0.29) is 5.01 Å². The molecule has 1 heterocycles. The van der Waals surface area contributed by atoms with Crippen LogP contribution in [-0.2, 0) is 6.42 Å². The van der Waals surface area contributed by atoms with Crippen molar-refractivity contribution in [3.05, 3.63) is 10.0 Å². The molecule has 0 spiro atoms. The Bertz CT molecular complexity index is 211. The van der Waals surface area contributed by atoms with E-state index in [1.165, 1.54) is 0 Å². The van der Waals surface area contributed by atoms with Crippen LogP contribution in [-0.4, -0.2) is 10.2 Å². The van der Waals surface area contributed by atoms with Gasteiger partial charge in [-0.25, -0.2) is 8.78 Å². The van der Waals surface area contributed by atoms with Crippen molar-refractivity contribution >= 4 is 11.3 Å². The zero-order chi connectivity index (χ0) is 7.56. The van der Waals surface area contributed by atoms with Crippen LogP contribution in [0, 0.1) is 0 Å². The van der Waals surface area contributed by atoms with Crippen LogP contribution in [0.4, 0.5) is 8.78 Å². The highest BCUT2D eigenvalue weighted by Gasteiger charge is 2.12. The second-order valence-electron chi connectivity index (χ2n) is 1.69. The van der Waals surface area contributed by atoms with Crippen LogP contribution < -0.4 is 0 Å². The fourth-order valence-corrected chi connectivity index (χ4v) is 1.14. The van der Waals surface area contributed by atoms with Gasteiger partial charge >= 0.3 is 0 Å². The Labute approximate surface area is 60.9 Å². The van der Waals surface area contributed by atoms with Crippen LogP contribution in [0.3, 0.4) is 0 Å². The summed E-state index contributed by atoms with van der Waals surface area (Å²) >= 11 is 0.969. The lowest BCUT2D eigenvalue weighted by molar-refractivity contribution is 0.150. The fourth-order valence-electron chi connectivity index (χ4n) is 0.498. The first-order valence-electron chi connectivity index (χ1n) is 2.84. The molecule has 2 nitrogen and oxygen atoms in total. The Balaban J connectivity index is 2.78. The molecular weight excluding hydrogens is 158 g/mol. The van der Waals surface area contributed by atoms with Crippen molar-refractivity contribution in [2.24, 2.45) is 0 Å². The van der Waals surface area contributed by atoms with Gasteiger partial charge in [0.05, 0.1) is 0 Å². The molecule has 56 valence electrons. The summed E-state index contributed by atoms with van der Waals surface area (Å²) in [5.74, 6) is 0. The number of alkyl halides is 2. The van der Waals surface area contributed by atoms with Gasteiger partial charge in [-0.3, -0.25) is 0 Å². The number of nitrogens with zero attached hydrogens (tertiary/aromatic N) is 2. The Morgan fingerprint density at radius 3 is 2.50 bits per heavy atom. The molecule has 0 amide bonds. The number of aromatic nitrogens is 2. The first-order valence-corrected chi connectivity index (χ1v) is 3.66. The van der Waals surface area contributed by atoms with Crippen LogP contribution in [0.15, 0.2) is 0 Å². The monoisotopic (exact) mass is 164 g/mol. The summed E-state index contributed by atoms with van der Waals surface area (Å²) in [5, 5.41) is 7.33. The van der Waals surface area contributed by atoms with Gasteiger partial charge in [0.1, 0.15) is 5.01 Å². The van der Waals surface area contributed by atoms with E-state index >= 15 is 0 Å². The number of aryl methyl sites for hydroxylation is 1. The zero-order valence-corrected chi connectivity index (χ0v) is 6.16. The average Bonchev–Trinajstić information content (AvgIpc) is 2.34. The summed E-state index contributed by atoms with van der Waals surface area (Å²) < 4.78 is 23.6. The van der Waals surface area contributed by atoms with Gasteiger partial charge in [-0.05, 0) is 6.42 Å². The van der Waals surface area contributed by atoms with Crippen molar-refractivity contribution in [2.45, 2.75) is 19.8 Å². The van der Waals surface area contributed by atoms with Crippen LogP contribution in [0.2, 0.25) is 0 Å². The van der Waals surface area contributed by atoms with Gasteiger partial charge < -0.3 is 0 Å². The van der Waals surface area contributed by atoms with Crippen molar-refractivity contribution in [1.29, 1.82) is 0 Å². The predicted molar refractivity (Wildman–Crippen MR) is 34.2 cm³/mol. The highest BCUT2D eigenvalue weighted by Crippen LogP contribution is 2.22. The Kier molecular flexibility index (Phi) is 2.26. The maximum atomic E-state index is 11.8. The standard InChI is InChI=1S/C5H6F2N2S/c1-2-3-8-9-5(10-3)4(6)7/h4H,2H2,1H3. The SMILES string of the molecule is CCc1nnc(C(F)F)s1. The van der Waals surface area contributed by atoms with Crippen molar-refractivity contribution in [3.63, 3.8) is 0 Å². The minimum atomic E-state index is -2.47. The summed E-state index contributed by atoms with van der Waals surface area (Å²) in [6.07, 6.45) is -1.80. The Morgan fingerprint density at radius 1 is 1.50 bits per heavy atom. The lowest BCUT2D eigenvalue weighted by Crippen LogP contribution is -1.80. The van der Waals surface area contributed by atoms with E-state index in [0.717, 1.165) is 11.3 Å². The zero-order valence-electron chi connectivity index (χ0n) is 5.34. The summed E-state index contributed by atoms with van der Waals surface area (Å²) in [4.78, 5) is 0. The van der Waals surface area contributed by atoms with E-state index in [0.29, 0.717) is 11.4 Å². The van der Waals surface area contributed by atoms with Gasteiger partial charge in [0.15, 0.2) is 5.01 Å². The van der Waals surface area contributed by atoms with Crippen molar-refractivity contribution in [2.75, 3.05) is 0 Å². The van der Waals surface area contributed by atoms with Crippen molar-refractivity contribution < 1.29 is 8.78 Å².